The number of hydrogen-bond acceptors (Lipinski definition) is 9. The van der Waals surface area contributed by atoms with E-state index < -0.39 is 25.6 Å². The standard InChI is InChI=1S/C24H18N2O7S3/c1-15-7-10-17(11-8-15)25-23(27)21(35-24(25)34)14-16-9-12-19(20(13-16)32-2)33-36(30,31)22-6-4-3-5-18(22)26(28)29/h3-14H,1-2H3/b21-14+. The fourth-order valence-electron chi connectivity index (χ4n) is 3.36. The summed E-state index contributed by atoms with van der Waals surface area (Å²) in [6.07, 6.45) is 1.61. The summed E-state index contributed by atoms with van der Waals surface area (Å²) >= 11 is 6.54. The van der Waals surface area contributed by atoms with Crippen LogP contribution in [-0.4, -0.2) is 30.7 Å². The molecule has 0 radical (unpaired) electrons. The number of nitro groups is 1. The van der Waals surface area contributed by atoms with Gasteiger partial charge in [-0.25, -0.2) is 0 Å². The second-order valence-electron chi connectivity index (χ2n) is 7.53. The highest BCUT2D eigenvalue weighted by atomic mass is 32.2. The molecule has 3 aromatic carbocycles. The SMILES string of the molecule is COc1cc(/C=C2/SC(=S)N(c3ccc(C)cc3)C2=O)ccc1OS(=O)(=O)c1ccccc1[N+](=O)[O-]. The molecule has 9 nitrogen and oxygen atoms in total. The molecule has 1 heterocycles. The number of ether oxygens (including phenoxy) is 1. The second-order valence-corrected chi connectivity index (χ2v) is 10.7. The van der Waals surface area contributed by atoms with Crippen molar-refractivity contribution in [2.24, 2.45) is 0 Å². The van der Waals surface area contributed by atoms with E-state index in [2.05, 4.69) is 0 Å². The highest BCUT2D eigenvalue weighted by molar-refractivity contribution is 8.27. The Bertz CT molecular complexity index is 1520. The van der Waals surface area contributed by atoms with Crippen LogP contribution in [0.1, 0.15) is 11.1 Å². The normalized spacial score (nSPS) is 14.8. The molecule has 3 aromatic rings. The van der Waals surface area contributed by atoms with Gasteiger partial charge in [-0.3, -0.25) is 19.8 Å². The monoisotopic (exact) mass is 542 g/mol. The Morgan fingerprint density at radius 3 is 2.42 bits per heavy atom. The number of amides is 1. The maximum atomic E-state index is 13.0. The third-order valence-corrected chi connectivity index (χ3v) is 7.69. The van der Waals surface area contributed by atoms with Crippen molar-refractivity contribution in [1.29, 1.82) is 0 Å². The van der Waals surface area contributed by atoms with Crippen molar-refractivity contribution in [3.63, 3.8) is 0 Å². The van der Waals surface area contributed by atoms with Gasteiger partial charge in [-0.05, 0) is 48.9 Å². The Labute approximate surface area is 216 Å². The second kappa shape index (κ2) is 10.1. The number of benzene rings is 3. The summed E-state index contributed by atoms with van der Waals surface area (Å²) in [6.45, 7) is 1.95. The third kappa shape index (κ3) is 5.10. The molecule has 1 aliphatic rings. The lowest BCUT2D eigenvalue weighted by atomic mass is 10.1. The van der Waals surface area contributed by atoms with Crippen LogP contribution in [0.15, 0.2) is 76.5 Å². The number of aryl methyl sites for hydroxylation is 1. The van der Waals surface area contributed by atoms with Gasteiger partial charge in [0.05, 0.1) is 22.6 Å². The van der Waals surface area contributed by atoms with E-state index >= 15 is 0 Å². The molecule has 0 saturated carbocycles. The Morgan fingerprint density at radius 1 is 1.06 bits per heavy atom. The molecule has 0 N–H and O–H groups in total. The van der Waals surface area contributed by atoms with Crippen LogP contribution in [0, 0.1) is 17.0 Å². The Morgan fingerprint density at radius 2 is 1.75 bits per heavy atom. The molecule has 1 amide bonds. The number of thioether (sulfide) groups is 1. The fraction of sp³-hybridized carbons (Fsp3) is 0.0833. The molecule has 0 aliphatic carbocycles. The zero-order valence-corrected chi connectivity index (χ0v) is 21.4. The number of nitro benzene ring substituents is 1. The van der Waals surface area contributed by atoms with Gasteiger partial charge in [-0.1, -0.05) is 59.9 Å². The molecule has 0 spiro atoms. The number of carbonyl (C=O) groups excluding carboxylic acids is 1. The summed E-state index contributed by atoms with van der Waals surface area (Å²) < 4.78 is 36.4. The summed E-state index contributed by atoms with van der Waals surface area (Å²) in [6, 6.07) is 16.6. The van der Waals surface area contributed by atoms with Crippen LogP contribution in [0.3, 0.4) is 0 Å². The lowest BCUT2D eigenvalue weighted by Gasteiger charge is -2.14. The number of para-hydroxylation sites is 1. The van der Waals surface area contributed by atoms with E-state index in [1.54, 1.807) is 6.08 Å². The van der Waals surface area contributed by atoms with Crippen molar-refractivity contribution in [2.75, 3.05) is 12.0 Å². The first-order valence-corrected chi connectivity index (χ1v) is 12.9. The first-order chi connectivity index (χ1) is 17.1. The van der Waals surface area contributed by atoms with E-state index in [0.29, 0.717) is 20.5 Å². The molecule has 36 heavy (non-hydrogen) atoms. The Balaban J connectivity index is 1.62. The average Bonchev–Trinajstić information content (AvgIpc) is 3.12. The molecule has 184 valence electrons. The summed E-state index contributed by atoms with van der Waals surface area (Å²) in [7, 11) is -3.21. The number of rotatable bonds is 7. The first-order valence-electron chi connectivity index (χ1n) is 10.3. The van der Waals surface area contributed by atoms with Gasteiger partial charge < -0.3 is 8.92 Å². The van der Waals surface area contributed by atoms with Gasteiger partial charge in [-0.2, -0.15) is 8.42 Å². The molecular weight excluding hydrogens is 524 g/mol. The largest absolute Gasteiger partial charge is 0.493 e. The summed E-state index contributed by atoms with van der Waals surface area (Å²) in [5, 5.41) is 11.2. The van der Waals surface area contributed by atoms with Gasteiger partial charge >= 0.3 is 10.1 Å². The quantitative estimate of drug-likeness (QED) is 0.132. The van der Waals surface area contributed by atoms with Gasteiger partial charge in [0.1, 0.15) is 0 Å². The minimum atomic E-state index is -4.53. The van der Waals surface area contributed by atoms with Gasteiger partial charge in [0.15, 0.2) is 20.7 Å². The molecule has 0 aromatic heterocycles. The molecule has 1 saturated heterocycles. The topological polar surface area (TPSA) is 116 Å². The molecule has 4 rings (SSSR count). The van der Waals surface area contributed by atoms with Crippen molar-refractivity contribution < 1.29 is 27.1 Å². The smallest absolute Gasteiger partial charge is 0.346 e. The number of methoxy groups -OCH3 is 1. The number of carbonyl (C=O) groups is 1. The highest BCUT2D eigenvalue weighted by Gasteiger charge is 2.33. The lowest BCUT2D eigenvalue weighted by molar-refractivity contribution is -0.387. The van der Waals surface area contributed by atoms with Crippen LogP contribution in [0.2, 0.25) is 0 Å². The van der Waals surface area contributed by atoms with Crippen LogP contribution in [0.5, 0.6) is 11.5 Å². The maximum absolute atomic E-state index is 13.0. The van der Waals surface area contributed by atoms with Crippen LogP contribution >= 0.6 is 24.0 Å². The van der Waals surface area contributed by atoms with E-state index in [9.17, 15) is 23.3 Å². The Kier molecular flexibility index (Phi) is 7.11. The predicted molar refractivity (Wildman–Crippen MR) is 141 cm³/mol. The van der Waals surface area contributed by atoms with Crippen LogP contribution in [0.4, 0.5) is 11.4 Å². The van der Waals surface area contributed by atoms with Crippen molar-refractivity contribution in [2.45, 2.75) is 11.8 Å². The van der Waals surface area contributed by atoms with E-state index in [1.807, 2.05) is 31.2 Å². The lowest BCUT2D eigenvalue weighted by Crippen LogP contribution is -2.27. The minimum Gasteiger partial charge on any atom is -0.493 e. The van der Waals surface area contributed by atoms with Gasteiger partial charge in [0.2, 0.25) is 0 Å². The highest BCUT2D eigenvalue weighted by Crippen LogP contribution is 2.38. The fourth-order valence-corrected chi connectivity index (χ4v) is 5.77. The zero-order valence-electron chi connectivity index (χ0n) is 18.9. The number of anilines is 1. The summed E-state index contributed by atoms with van der Waals surface area (Å²) in [4.78, 5) is 24.7. The number of thiocarbonyl (C=S) groups is 1. The van der Waals surface area contributed by atoms with Crippen molar-refractivity contribution in [3.05, 3.63) is 92.9 Å². The van der Waals surface area contributed by atoms with Gasteiger partial charge in [0.25, 0.3) is 11.6 Å². The van der Waals surface area contributed by atoms with E-state index in [4.69, 9.17) is 21.1 Å². The first kappa shape index (κ1) is 25.4. The van der Waals surface area contributed by atoms with Gasteiger partial charge in [0, 0.05) is 6.07 Å². The number of nitrogens with zero attached hydrogens (tertiary/aromatic N) is 2. The summed E-state index contributed by atoms with van der Waals surface area (Å²) in [5.41, 5.74) is 1.64. The molecule has 1 fully saturated rings. The summed E-state index contributed by atoms with van der Waals surface area (Å²) in [5.74, 6) is -0.396. The zero-order chi connectivity index (χ0) is 26.0. The Hall–Kier alpha value is -3.74. The third-order valence-electron chi connectivity index (χ3n) is 5.10. The van der Waals surface area contributed by atoms with Crippen LogP contribution in [-0.2, 0) is 14.9 Å². The number of hydrogen-bond donors (Lipinski definition) is 0. The molecule has 0 atom stereocenters. The average molecular weight is 543 g/mol. The molecule has 12 heteroatoms. The maximum Gasteiger partial charge on any atom is 0.346 e. The molecule has 0 unspecified atom stereocenters. The van der Waals surface area contributed by atoms with Gasteiger partial charge in [-0.15, -0.1) is 0 Å². The van der Waals surface area contributed by atoms with E-state index in [-0.39, 0.29) is 17.4 Å². The van der Waals surface area contributed by atoms with Crippen molar-refractivity contribution in [3.8, 4) is 11.5 Å². The van der Waals surface area contributed by atoms with Crippen molar-refractivity contribution in [1.82, 2.24) is 0 Å². The van der Waals surface area contributed by atoms with E-state index in [0.717, 1.165) is 29.5 Å². The van der Waals surface area contributed by atoms with Crippen molar-refractivity contribution >= 4 is 61.8 Å². The van der Waals surface area contributed by atoms with Crippen LogP contribution < -0.4 is 13.8 Å². The molecule has 1 aliphatic heterocycles. The van der Waals surface area contributed by atoms with Crippen LogP contribution in [0.25, 0.3) is 6.08 Å². The molecular formula is C24H18N2O7S3. The van der Waals surface area contributed by atoms with E-state index in [1.165, 1.54) is 42.3 Å². The molecule has 0 bridgehead atoms. The minimum absolute atomic E-state index is 0.0555. The predicted octanol–water partition coefficient (Wildman–Crippen LogP) is 5.09.